The molecule has 0 aliphatic carbocycles. The van der Waals surface area contributed by atoms with Crippen molar-refractivity contribution in [2.75, 3.05) is 52.7 Å². The minimum Gasteiger partial charge on any atom is -0.491 e. The van der Waals surface area contributed by atoms with Crippen LogP contribution in [0.2, 0.25) is 0 Å². The summed E-state index contributed by atoms with van der Waals surface area (Å²) in [5.41, 5.74) is 5.78. The molecule has 2 amide bonds. The summed E-state index contributed by atoms with van der Waals surface area (Å²) in [6.45, 7) is 33.0. The zero-order valence-electron chi connectivity index (χ0n) is 62.3. The van der Waals surface area contributed by atoms with Crippen LogP contribution in [0.5, 0.6) is 11.5 Å². The lowest BCUT2D eigenvalue weighted by atomic mass is 9.72. The number of unbranched alkanes of at least 4 members (excludes halogenated alkanes) is 22. The lowest BCUT2D eigenvalue weighted by molar-refractivity contribution is -0.133. The first-order valence-corrected chi connectivity index (χ1v) is 37.8. The second-order valence-electron chi connectivity index (χ2n) is 30.5. The van der Waals surface area contributed by atoms with Gasteiger partial charge in [-0.1, -0.05) is 314 Å². The Labute approximate surface area is 577 Å². The van der Waals surface area contributed by atoms with Crippen LogP contribution in [0, 0.1) is 10.8 Å². The average molecular weight is 1300 g/mol. The van der Waals surface area contributed by atoms with Gasteiger partial charge in [0.1, 0.15) is 24.7 Å². The summed E-state index contributed by atoms with van der Waals surface area (Å²) in [6.07, 6.45) is 45.8. The van der Waals surface area contributed by atoms with Crippen LogP contribution in [-0.2, 0) is 43.0 Å². The van der Waals surface area contributed by atoms with Gasteiger partial charge in [0.2, 0.25) is 11.8 Å². The molecule has 4 aromatic rings. The molecule has 8 heteroatoms. The van der Waals surface area contributed by atoms with E-state index in [2.05, 4.69) is 180 Å². The highest BCUT2D eigenvalue weighted by Crippen LogP contribution is 2.38. The Morgan fingerprint density at radius 1 is 0.362 bits per heavy atom. The van der Waals surface area contributed by atoms with Crippen molar-refractivity contribution in [1.82, 2.24) is 9.80 Å². The van der Waals surface area contributed by atoms with E-state index in [4.69, 9.17) is 18.9 Å². The fourth-order valence-electron chi connectivity index (χ4n) is 13.1. The van der Waals surface area contributed by atoms with Crippen LogP contribution in [0.3, 0.4) is 0 Å². The maximum atomic E-state index is 13.2. The highest BCUT2D eigenvalue weighted by atomic mass is 16.5. The summed E-state index contributed by atoms with van der Waals surface area (Å²) in [4.78, 5) is 30.3. The Morgan fingerprint density at radius 3 is 1.03 bits per heavy atom. The smallest absolute Gasteiger partial charge is 0.222 e. The lowest BCUT2D eigenvalue weighted by Gasteiger charge is -2.33. The summed E-state index contributed by atoms with van der Waals surface area (Å²) in [5, 5.41) is 0. The van der Waals surface area contributed by atoms with E-state index in [0.29, 0.717) is 78.7 Å². The molecular formula is C86H138N2O6. The zero-order chi connectivity index (χ0) is 68.4. The first kappa shape index (κ1) is 83.0. The first-order valence-electron chi connectivity index (χ1n) is 37.8. The number of amides is 2. The third-order valence-electron chi connectivity index (χ3n) is 17.7. The number of nitrogens with zero attached hydrogens (tertiary/aromatic N) is 2. The summed E-state index contributed by atoms with van der Waals surface area (Å²) in [7, 11) is 0. The molecule has 0 radical (unpaired) electrons. The molecule has 0 heterocycles. The summed E-state index contributed by atoms with van der Waals surface area (Å²) in [6, 6.07) is 37.5. The second-order valence-corrected chi connectivity index (χ2v) is 30.5. The zero-order valence-corrected chi connectivity index (χ0v) is 62.3. The van der Waals surface area contributed by atoms with Gasteiger partial charge in [-0.3, -0.25) is 9.59 Å². The van der Waals surface area contributed by atoms with Crippen molar-refractivity contribution < 1.29 is 28.5 Å². The van der Waals surface area contributed by atoms with E-state index < -0.39 is 0 Å². The molecule has 528 valence electrons. The number of hydrogen-bond acceptors (Lipinski definition) is 6. The molecule has 0 spiro atoms. The number of ether oxygens (including phenoxy) is 4. The van der Waals surface area contributed by atoms with Crippen molar-refractivity contribution in [1.29, 1.82) is 0 Å². The molecule has 0 N–H and O–H groups in total. The number of hydrogen-bond donors (Lipinski definition) is 0. The Bertz CT molecular complexity index is 2520. The number of carbonyl (C=O) groups excluding carboxylic acids is 2. The maximum absolute atomic E-state index is 13.2. The van der Waals surface area contributed by atoms with E-state index in [1.165, 1.54) is 140 Å². The Hall–Kier alpha value is -5.18. The van der Waals surface area contributed by atoms with Gasteiger partial charge in [0.15, 0.2) is 0 Å². The predicted octanol–water partition coefficient (Wildman–Crippen LogP) is 23.7. The van der Waals surface area contributed by atoms with Gasteiger partial charge in [-0.15, -0.1) is 0 Å². The Balaban J connectivity index is 0.000000490. The van der Waals surface area contributed by atoms with E-state index >= 15 is 0 Å². The standard InChI is InChI=1S/C43H71NO3.C43H67NO3/c2*1-7-8-9-10-11-12-13-14-15-16-17-18-19-20-24-27-41(45)44(36-38-25-22-21-23-26-38)32-33-46-34-35-47-40-30-28-39(29-31-40)43(5,6)37-42(2,3)4/h21-23,25-26,28-31H,7-20,24,27,32-37H2,1-6H3;11-12,14-15,21-23,25-26,28-31H,7-10,13,16-20,24,27,32-37H2,1-6H3/b;12-11+,15-14-. The van der Waals surface area contributed by atoms with Crippen LogP contribution in [0.15, 0.2) is 133 Å². The highest BCUT2D eigenvalue weighted by Gasteiger charge is 2.28. The summed E-state index contributed by atoms with van der Waals surface area (Å²) in [5.74, 6) is 2.18. The fraction of sp³-hybridized carbons (Fsp3) is 0.651. The van der Waals surface area contributed by atoms with Gasteiger partial charge >= 0.3 is 0 Å². The molecule has 0 fully saturated rings. The molecule has 0 aliphatic heterocycles. The molecule has 0 bridgehead atoms. The van der Waals surface area contributed by atoms with E-state index in [1.54, 1.807) is 0 Å². The Morgan fingerprint density at radius 2 is 0.681 bits per heavy atom. The van der Waals surface area contributed by atoms with E-state index in [-0.39, 0.29) is 33.5 Å². The topological polar surface area (TPSA) is 77.5 Å². The van der Waals surface area contributed by atoms with Crippen molar-refractivity contribution in [2.45, 2.75) is 300 Å². The largest absolute Gasteiger partial charge is 0.491 e. The molecule has 8 nitrogen and oxygen atoms in total. The lowest BCUT2D eigenvalue weighted by Crippen LogP contribution is -2.33. The van der Waals surface area contributed by atoms with Gasteiger partial charge in [-0.2, -0.15) is 0 Å². The highest BCUT2D eigenvalue weighted by molar-refractivity contribution is 5.76. The van der Waals surface area contributed by atoms with Crippen molar-refractivity contribution in [2.24, 2.45) is 10.8 Å². The molecule has 94 heavy (non-hydrogen) atoms. The van der Waals surface area contributed by atoms with Crippen LogP contribution in [0.1, 0.15) is 298 Å². The minimum absolute atomic E-state index is 0.116. The van der Waals surface area contributed by atoms with Gasteiger partial charge < -0.3 is 28.7 Å². The second kappa shape index (κ2) is 50.2. The minimum atomic E-state index is 0.116. The van der Waals surface area contributed by atoms with Gasteiger partial charge in [0, 0.05) is 39.0 Å². The maximum Gasteiger partial charge on any atom is 0.222 e. The molecule has 0 unspecified atom stereocenters. The molecule has 4 aromatic carbocycles. The molecule has 0 aliphatic rings. The van der Waals surface area contributed by atoms with Crippen LogP contribution in [-0.4, -0.2) is 74.3 Å². The SMILES string of the molecule is CCCCC/C=C/C/C=C\CCCCCCCC(=O)N(CCOCCOc1ccc(C(C)(C)CC(C)(C)C)cc1)Cc1ccccc1.CCCCCCCCCCCCCCCCCC(=O)N(CCOCCOc1ccc(C(C)(C)CC(C)(C)C)cc1)Cc1ccccc1. The van der Waals surface area contributed by atoms with Crippen molar-refractivity contribution >= 4 is 11.8 Å². The van der Waals surface area contributed by atoms with Crippen LogP contribution in [0.4, 0.5) is 0 Å². The van der Waals surface area contributed by atoms with Gasteiger partial charge in [-0.25, -0.2) is 0 Å². The monoisotopic (exact) mass is 1300 g/mol. The van der Waals surface area contributed by atoms with Gasteiger partial charge in [0.05, 0.1) is 26.4 Å². The molecule has 4 rings (SSSR count). The molecular weight excluding hydrogens is 1160 g/mol. The van der Waals surface area contributed by atoms with Gasteiger partial charge in [0.25, 0.3) is 0 Å². The van der Waals surface area contributed by atoms with Crippen LogP contribution in [0.25, 0.3) is 0 Å². The van der Waals surface area contributed by atoms with E-state index in [9.17, 15) is 9.59 Å². The van der Waals surface area contributed by atoms with Gasteiger partial charge in [-0.05, 0) is 126 Å². The third kappa shape index (κ3) is 42.4. The van der Waals surface area contributed by atoms with Crippen LogP contribution >= 0.6 is 0 Å². The van der Waals surface area contributed by atoms with Crippen molar-refractivity contribution in [3.63, 3.8) is 0 Å². The molecule has 0 saturated heterocycles. The third-order valence-corrected chi connectivity index (χ3v) is 17.7. The first-order chi connectivity index (χ1) is 45.2. The van der Waals surface area contributed by atoms with E-state index in [1.807, 2.05) is 46.2 Å². The van der Waals surface area contributed by atoms with E-state index in [0.717, 1.165) is 74.0 Å². The van der Waals surface area contributed by atoms with Crippen molar-refractivity contribution in [3.05, 3.63) is 156 Å². The normalized spacial score (nSPS) is 12.1. The molecule has 0 aromatic heterocycles. The van der Waals surface area contributed by atoms with Crippen LogP contribution < -0.4 is 9.47 Å². The number of rotatable bonds is 52. The quantitative estimate of drug-likeness (QED) is 0.0324. The molecule has 0 atom stereocenters. The summed E-state index contributed by atoms with van der Waals surface area (Å²) < 4.78 is 23.7. The molecule has 0 saturated carbocycles. The Kier molecular flexibility index (Phi) is 44.4. The number of carbonyl (C=O) groups is 2. The van der Waals surface area contributed by atoms with Crippen molar-refractivity contribution in [3.8, 4) is 11.5 Å². The summed E-state index contributed by atoms with van der Waals surface area (Å²) >= 11 is 0. The predicted molar refractivity (Wildman–Crippen MR) is 402 cm³/mol. The number of allylic oxidation sites excluding steroid dienone is 4. The average Bonchev–Trinajstić information content (AvgIpc) is 0.853. The number of benzene rings is 4. The fourth-order valence-corrected chi connectivity index (χ4v) is 13.1.